The van der Waals surface area contributed by atoms with E-state index >= 15 is 0 Å². The van der Waals surface area contributed by atoms with E-state index in [-0.39, 0.29) is 12.4 Å². The lowest BCUT2D eigenvalue weighted by Gasteiger charge is -2.15. The first kappa shape index (κ1) is 23.3. The molecule has 4 rings (SSSR count). The van der Waals surface area contributed by atoms with Crippen LogP contribution in [0.3, 0.4) is 0 Å². The third kappa shape index (κ3) is 5.38. The number of amides is 1. The number of carbonyl (C=O) groups is 1. The van der Waals surface area contributed by atoms with Gasteiger partial charge in [-0.25, -0.2) is 5.43 Å². The van der Waals surface area contributed by atoms with E-state index in [2.05, 4.69) is 39.2 Å². The molecule has 34 heavy (non-hydrogen) atoms. The molecule has 4 aromatic rings. The van der Waals surface area contributed by atoms with Crippen molar-refractivity contribution in [1.82, 2.24) is 5.43 Å². The lowest BCUT2D eigenvalue weighted by atomic mass is 10.1. The first-order chi connectivity index (χ1) is 16.6. The first-order valence-corrected chi connectivity index (χ1v) is 11.6. The van der Waals surface area contributed by atoms with Gasteiger partial charge in [0.25, 0.3) is 0 Å². The van der Waals surface area contributed by atoms with E-state index in [1.54, 1.807) is 24.3 Å². The number of fused-ring (bicyclic) bond motifs is 1. The Kier molecular flexibility index (Phi) is 7.44. The quantitative estimate of drug-likeness (QED) is 0.169. The summed E-state index contributed by atoms with van der Waals surface area (Å²) < 4.78 is 18.2. The van der Waals surface area contributed by atoms with Crippen LogP contribution in [0.1, 0.15) is 34.2 Å². The molecule has 8 heteroatoms. The van der Waals surface area contributed by atoms with Crippen molar-refractivity contribution in [1.29, 1.82) is 5.26 Å². The summed E-state index contributed by atoms with van der Waals surface area (Å²) in [5.74, 6) is 0.875. The van der Waals surface area contributed by atoms with Gasteiger partial charge in [0.1, 0.15) is 12.2 Å². The Morgan fingerprint density at radius 1 is 1.15 bits per heavy atom. The molecular weight excluding hydrogens is 545 g/mol. The van der Waals surface area contributed by atoms with Crippen molar-refractivity contribution in [2.75, 3.05) is 6.61 Å². The second kappa shape index (κ2) is 10.9. The van der Waals surface area contributed by atoms with E-state index in [4.69, 9.17) is 13.9 Å². The molecule has 1 heterocycles. The molecule has 3 aromatic carbocycles. The van der Waals surface area contributed by atoms with E-state index in [9.17, 15) is 10.1 Å². The van der Waals surface area contributed by atoms with Crippen molar-refractivity contribution in [2.24, 2.45) is 5.10 Å². The number of para-hydroxylation sites is 1. The minimum absolute atomic E-state index is 0.185. The number of halogens is 1. The van der Waals surface area contributed by atoms with Gasteiger partial charge in [-0.3, -0.25) is 4.79 Å². The Morgan fingerprint density at radius 2 is 1.94 bits per heavy atom. The highest BCUT2D eigenvalue weighted by Crippen LogP contribution is 2.34. The average molecular weight is 565 g/mol. The van der Waals surface area contributed by atoms with Gasteiger partial charge in [-0.2, -0.15) is 10.4 Å². The molecule has 170 valence electrons. The zero-order valence-corrected chi connectivity index (χ0v) is 20.4. The zero-order chi connectivity index (χ0) is 23.9. The topological polar surface area (TPSA) is 96.8 Å². The fourth-order valence-corrected chi connectivity index (χ4v) is 4.07. The van der Waals surface area contributed by atoms with Crippen molar-refractivity contribution in [3.8, 4) is 17.6 Å². The van der Waals surface area contributed by atoms with Crippen molar-refractivity contribution in [3.05, 3.63) is 92.8 Å². The molecule has 0 atom stereocenters. The van der Waals surface area contributed by atoms with Crippen LogP contribution in [0.5, 0.6) is 11.5 Å². The van der Waals surface area contributed by atoms with Crippen LogP contribution in [-0.4, -0.2) is 18.7 Å². The summed E-state index contributed by atoms with van der Waals surface area (Å²) in [6.45, 7) is 2.57. The lowest BCUT2D eigenvalue weighted by Crippen LogP contribution is -2.16. The molecule has 0 saturated heterocycles. The van der Waals surface area contributed by atoms with E-state index in [1.165, 1.54) is 6.21 Å². The van der Waals surface area contributed by atoms with E-state index in [0.717, 1.165) is 20.1 Å². The molecule has 1 aromatic heterocycles. The van der Waals surface area contributed by atoms with Crippen LogP contribution < -0.4 is 14.9 Å². The zero-order valence-electron chi connectivity index (χ0n) is 18.2. The Labute approximate surface area is 210 Å². The normalized spacial score (nSPS) is 10.9. The Balaban J connectivity index is 1.48. The third-order valence-corrected chi connectivity index (χ3v) is 5.67. The number of benzene rings is 3. The van der Waals surface area contributed by atoms with Crippen LogP contribution in [-0.2, 0) is 6.61 Å². The second-order valence-corrected chi connectivity index (χ2v) is 8.33. The minimum Gasteiger partial charge on any atom is -0.490 e. The predicted molar refractivity (Wildman–Crippen MR) is 137 cm³/mol. The molecule has 1 amide bonds. The van der Waals surface area contributed by atoms with Crippen molar-refractivity contribution in [2.45, 2.75) is 13.5 Å². The molecule has 0 saturated carbocycles. The number of ether oxygens (including phenoxy) is 2. The van der Waals surface area contributed by atoms with Gasteiger partial charge in [0.05, 0.1) is 28.0 Å². The van der Waals surface area contributed by atoms with Gasteiger partial charge in [0, 0.05) is 10.9 Å². The predicted octanol–water partition coefficient (Wildman–Crippen LogP) is 5.65. The molecule has 0 bridgehead atoms. The highest BCUT2D eigenvalue weighted by atomic mass is 127. The fourth-order valence-electron chi connectivity index (χ4n) is 3.28. The largest absolute Gasteiger partial charge is 0.490 e. The van der Waals surface area contributed by atoms with Gasteiger partial charge < -0.3 is 13.9 Å². The Bertz CT molecular complexity index is 1370. The number of carbonyl (C=O) groups excluding carboxylic acids is 1. The Hall–Kier alpha value is -3.84. The standard InChI is InChI=1S/C26H20IN3O4/c1-2-32-23-12-17(11-21(27)25(23)33-16-20-9-4-3-8-19(20)14-28)15-29-30-26(31)24-13-18-7-5-6-10-22(18)34-24/h3-13,15H,2,16H2,1H3,(H,30,31)/b29-15+. The molecule has 7 nitrogen and oxygen atoms in total. The van der Waals surface area contributed by atoms with Crippen LogP contribution in [0.4, 0.5) is 0 Å². The van der Waals surface area contributed by atoms with Crippen molar-refractivity contribution < 1.29 is 18.7 Å². The number of hydrazone groups is 1. The van der Waals surface area contributed by atoms with Gasteiger partial charge in [0.2, 0.25) is 0 Å². The highest BCUT2D eigenvalue weighted by molar-refractivity contribution is 14.1. The summed E-state index contributed by atoms with van der Waals surface area (Å²) in [5, 5.41) is 14.2. The number of nitrogens with zero attached hydrogens (tertiary/aromatic N) is 2. The second-order valence-electron chi connectivity index (χ2n) is 7.17. The number of hydrogen-bond donors (Lipinski definition) is 1. The van der Waals surface area contributed by atoms with Crippen LogP contribution in [0, 0.1) is 14.9 Å². The van der Waals surface area contributed by atoms with Crippen LogP contribution >= 0.6 is 22.6 Å². The van der Waals surface area contributed by atoms with Gasteiger partial charge in [-0.1, -0.05) is 36.4 Å². The maximum absolute atomic E-state index is 12.4. The first-order valence-electron chi connectivity index (χ1n) is 10.5. The smallest absolute Gasteiger partial charge is 0.307 e. The summed E-state index contributed by atoms with van der Waals surface area (Å²) in [4.78, 5) is 12.4. The molecule has 1 N–H and O–H groups in total. The summed E-state index contributed by atoms with van der Waals surface area (Å²) in [6.07, 6.45) is 1.53. The van der Waals surface area contributed by atoms with Crippen LogP contribution in [0.2, 0.25) is 0 Å². The number of hydrogen-bond acceptors (Lipinski definition) is 6. The van der Waals surface area contributed by atoms with Crippen molar-refractivity contribution >= 4 is 45.7 Å². The van der Waals surface area contributed by atoms with Crippen LogP contribution in [0.25, 0.3) is 11.0 Å². The summed E-state index contributed by atoms with van der Waals surface area (Å²) in [7, 11) is 0. The molecule has 0 aliphatic carbocycles. The molecule has 0 spiro atoms. The van der Waals surface area contributed by atoms with Gasteiger partial charge in [-0.05, 0) is 65.4 Å². The Morgan fingerprint density at radius 3 is 2.74 bits per heavy atom. The van der Waals surface area contributed by atoms with E-state index in [1.807, 2.05) is 49.4 Å². The SMILES string of the molecule is CCOc1cc(/C=N/NC(=O)c2cc3ccccc3o2)cc(I)c1OCc1ccccc1C#N. The van der Waals surface area contributed by atoms with E-state index < -0.39 is 5.91 Å². The third-order valence-electron chi connectivity index (χ3n) is 4.87. The number of rotatable bonds is 8. The average Bonchev–Trinajstić information content (AvgIpc) is 3.28. The van der Waals surface area contributed by atoms with E-state index in [0.29, 0.717) is 29.3 Å². The maximum atomic E-state index is 12.4. The summed E-state index contributed by atoms with van der Waals surface area (Å²) in [6, 6.07) is 22.2. The van der Waals surface area contributed by atoms with Gasteiger partial charge >= 0.3 is 5.91 Å². The molecule has 0 unspecified atom stereocenters. The lowest BCUT2D eigenvalue weighted by molar-refractivity contribution is 0.0929. The maximum Gasteiger partial charge on any atom is 0.307 e. The molecule has 0 aliphatic heterocycles. The van der Waals surface area contributed by atoms with Gasteiger partial charge in [0.15, 0.2) is 17.3 Å². The van der Waals surface area contributed by atoms with Crippen molar-refractivity contribution in [3.63, 3.8) is 0 Å². The molecule has 0 aliphatic rings. The van der Waals surface area contributed by atoms with Gasteiger partial charge in [-0.15, -0.1) is 0 Å². The molecule has 0 fully saturated rings. The monoisotopic (exact) mass is 565 g/mol. The number of nitriles is 1. The highest BCUT2D eigenvalue weighted by Gasteiger charge is 2.14. The van der Waals surface area contributed by atoms with Crippen LogP contribution in [0.15, 0.2) is 76.2 Å². The molecule has 0 radical (unpaired) electrons. The number of furan rings is 1. The minimum atomic E-state index is -0.441. The fraction of sp³-hybridized carbons (Fsp3) is 0.115. The molecular formula is C26H20IN3O4. The number of nitrogens with one attached hydrogen (secondary N) is 1. The summed E-state index contributed by atoms with van der Waals surface area (Å²) in [5.41, 5.74) is 5.21. The summed E-state index contributed by atoms with van der Waals surface area (Å²) >= 11 is 2.16.